The predicted molar refractivity (Wildman–Crippen MR) is 349 cm³/mol. The molecule has 0 aliphatic heterocycles. The normalized spacial score (nSPS) is 13.3. The molecule has 81 heavy (non-hydrogen) atoms. The maximum atomic E-state index is 12.9. The number of allylic oxidation sites excluding steroid dienone is 6. The lowest BCUT2D eigenvalue weighted by Crippen LogP contribution is -2.37. The summed E-state index contributed by atoms with van der Waals surface area (Å²) in [6.45, 7) is 4.47. The fourth-order valence-corrected chi connectivity index (χ4v) is 11.2. The van der Waals surface area contributed by atoms with Crippen LogP contribution in [0.5, 0.6) is 0 Å². The summed E-state index contributed by atoms with van der Waals surface area (Å²) in [5, 5.41) is 0. The molecule has 0 aromatic heterocycles. The van der Waals surface area contributed by atoms with Crippen LogP contribution in [0.25, 0.3) is 0 Å². The van der Waals surface area contributed by atoms with Crippen molar-refractivity contribution >= 4 is 19.8 Å². The second-order valence-corrected chi connectivity index (χ2v) is 26.7. The van der Waals surface area contributed by atoms with Crippen molar-refractivity contribution in [3.63, 3.8) is 0 Å². The lowest BCUT2D eigenvalue weighted by molar-refractivity contribution is -0.870. The largest absolute Gasteiger partial charge is 0.472 e. The molecule has 0 amide bonds. The van der Waals surface area contributed by atoms with E-state index in [0.717, 1.165) is 38.5 Å². The molecule has 0 aliphatic rings. The van der Waals surface area contributed by atoms with Gasteiger partial charge in [0.15, 0.2) is 6.10 Å². The highest BCUT2D eigenvalue weighted by molar-refractivity contribution is 7.47. The Balaban J connectivity index is 3.90. The smallest absolute Gasteiger partial charge is 0.462 e. The first-order chi connectivity index (χ1) is 39.5. The standard InChI is InChI=1S/C71H136NO8P/c1-6-8-10-12-14-16-18-20-22-24-26-27-28-29-30-31-32-33-34-35-36-37-38-39-40-41-42-43-44-45-46-48-50-52-54-56-58-60-62-64-71(74)80-69(68-79-81(75,76)78-66-65-72(3,4)5)67-77-70(73)63-61-59-57-55-53-51-49-47-25-23-21-19-17-15-13-11-9-7-2/h18,20,23-26,69H,6-17,19,21-22,27-68H2,1-5H3/p+1/b20-18-,25-23-,26-24-. The van der Waals surface area contributed by atoms with Gasteiger partial charge < -0.3 is 18.9 Å². The maximum absolute atomic E-state index is 12.9. The van der Waals surface area contributed by atoms with E-state index in [1.165, 1.54) is 283 Å². The topological polar surface area (TPSA) is 108 Å². The van der Waals surface area contributed by atoms with Gasteiger partial charge in [0.25, 0.3) is 0 Å². The lowest BCUT2D eigenvalue weighted by atomic mass is 10.0. The second-order valence-electron chi connectivity index (χ2n) is 25.3. The van der Waals surface area contributed by atoms with Gasteiger partial charge in [0.2, 0.25) is 0 Å². The summed E-state index contributed by atoms with van der Waals surface area (Å²) in [5.41, 5.74) is 0. The average molecular weight is 1160 g/mol. The highest BCUT2D eigenvalue weighted by Gasteiger charge is 2.27. The number of hydrogen-bond acceptors (Lipinski definition) is 7. The Labute approximate surface area is 503 Å². The molecule has 478 valence electrons. The molecule has 0 radical (unpaired) electrons. The summed E-state index contributed by atoms with van der Waals surface area (Å²) < 4.78 is 34.7. The first-order valence-electron chi connectivity index (χ1n) is 35.2. The Morgan fingerprint density at radius 1 is 0.383 bits per heavy atom. The molecular weight excluding hydrogens is 1030 g/mol. The summed E-state index contributed by atoms with van der Waals surface area (Å²) in [4.78, 5) is 35.8. The van der Waals surface area contributed by atoms with E-state index in [1.807, 2.05) is 21.1 Å². The zero-order valence-corrected chi connectivity index (χ0v) is 55.4. The molecule has 1 N–H and O–H groups in total. The molecule has 0 aromatic rings. The highest BCUT2D eigenvalue weighted by atomic mass is 31.2. The second kappa shape index (κ2) is 62.8. The summed E-state index contributed by atoms with van der Waals surface area (Å²) in [5.74, 6) is -0.784. The van der Waals surface area contributed by atoms with E-state index in [2.05, 4.69) is 50.3 Å². The molecule has 10 heteroatoms. The van der Waals surface area contributed by atoms with Crippen LogP contribution in [0.2, 0.25) is 0 Å². The number of phosphoric acid groups is 1. The minimum Gasteiger partial charge on any atom is -0.462 e. The van der Waals surface area contributed by atoms with E-state index in [0.29, 0.717) is 17.4 Å². The van der Waals surface area contributed by atoms with Crippen molar-refractivity contribution in [1.82, 2.24) is 0 Å². The van der Waals surface area contributed by atoms with E-state index in [4.69, 9.17) is 18.5 Å². The van der Waals surface area contributed by atoms with Crippen LogP contribution in [-0.4, -0.2) is 74.9 Å². The van der Waals surface area contributed by atoms with Crippen molar-refractivity contribution in [3.8, 4) is 0 Å². The van der Waals surface area contributed by atoms with Gasteiger partial charge in [-0.3, -0.25) is 18.6 Å². The number of ether oxygens (including phenoxy) is 2. The van der Waals surface area contributed by atoms with Crippen molar-refractivity contribution in [2.24, 2.45) is 0 Å². The number of nitrogens with zero attached hydrogens (tertiary/aromatic N) is 1. The third-order valence-electron chi connectivity index (χ3n) is 15.9. The number of carbonyl (C=O) groups excluding carboxylic acids is 2. The van der Waals surface area contributed by atoms with Crippen LogP contribution in [0.15, 0.2) is 36.5 Å². The van der Waals surface area contributed by atoms with Crippen LogP contribution in [0.4, 0.5) is 0 Å². The Morgan fingerprint density at radius 3 is 0.988 bits per heavy atom. The Bertz CT molecular complexity index is 1460. The molecule has 2 atom stereocenters. The third-order valence-corrected chi connectivity index (χ3v) is 16.9. The zero-order valence-electron chi connectivity index (χ0n) is 54.5. The van der Waals surface area contributed by atoms with Crippen LogP contribution in [0.3, 0.4) is 0 Å². The van der Waals surface area contributed by atoms with Gasteiger partial charge in [0.1, 0.15) is 19.8 Å². The minimum absolute atomic E-state index is 0.0337. The van der Waals surface area contributed by atoms with Crippen molar-refractivity contribution in [2.45, 2.75) is 360 Å². The Morgan fingerprint density at radius 2 is 0.667 bits per heavy atom. The van der Waals surface area contributed by atoms with Crippen LogP contribution >= 0.6 is 7.82 Å². The zero-order chi connectivity index (χ0) is 59.1. The number of unbranched alkanes of at least 4 members (excludes halogenated alkanes) is 46. The minimum atomic E-state index is -4.39. The van der Waals surface area contributed by atoms with Crippen LogP contribution in [-0.2, 0) is 32.7 Å². The van der Waals surface area contributed by atoms with Crippen LogP contribution in [0.1, 0.15) is 354 Å². The highest BCUT2D eigenvalue weighted by Crippen LogP contribution is 2.43. The van der Waals surface area contributed by atoms with Crippen molar-refractivity contribution < 1.29 is 42.1 Å². The molecule has 2 unspecified atom stereocenters. The summed E-state index contributed by atoms with van der Waals surface area (Å²) in [6.07, 6.45) is 79.8. The molecule has 9 nitrogen and oxygen atoms in total. The van der Waals surface area contributed by atoms with Crippen LogP contribution < -0.4 is 0 Å². The Hall–Kier alpha value is -1.77. The van der Waals surface area contributed by atoms with E-state index >= 15 is 0 Å². The number of hydrogen-bond donors (Lipinski definition) is 1. The van der Waals surface area contributed by atoms with Gasteiger partial charge in [0.05, 0.1) is 27.7 Å². The summed E-state index contributed by atoms with van der Waals surface area (Å²) in [7, 11) is 1.49. The number of likely N-dealkylation sites (N-methyl/N-ethyl adjacent to an activating group) is 1. The number of phosphoric ester groups is 1. The number of esters is 2. The maximum Gasteiger partial charge on any atom is 0.472 e. The van der Waals surface area contributed by atoms with Gasteiger partial charge in [-0.15, -0.1) is 0 Å². The summed E-state index contributed by atoms with van der Waals surface area (Å²) >= 11 is 0. The van der Waals surface area contributed by atoms with Gasteiger partial charge in [-0.1, -0.05) is 307 Å². The van der Waals surface area contributed by atoms with E-state index in [1.54, 1.807) is 0 Å². The fraction of sp³-hybridized carbons (Fsp3) is 0.887. The fourth-order valence-electron chi connectivity index (χ4n) is 10.5. The number of rotatable bonds is 66. The van der Waals surface area contributed by atoms with E-state index in [-0.39, 0.29) is 32.0 Å². The van der Waals surface area contributed by atoms with Gasteiger partial charge in [-0.25, -0.2) is 4.57 Å². The molecule has 0 rings (SSSR count). The molecule has 0 bridgehead atoms. The molecule has 0 aliphatic carbocycles. The van der Waals surface area contributed by atoms with Crippen molar-refractivity contribution in [1.29, 1.82) is 0 Å². The molecular formula is C71H137NO8P+. The van der Waals surface area contributed by atoms with Gasteiger partial charge in [-0.2, -0.15) is 0 Å². The molecule has 0 saturated carbocycles. The lowest BCUT2D eigenvalue weighted by Gasteiger charge is -2.24. The molecule has 0 fully saturated rings. The molecule has 0 aromatic carbocycles. The predicted octanol–water partition coefficient (Wildman–Crippen LogP) is 22.7. The monoisotopic (exact) mass is 1160 g/mol. The van der Waals surface area contributed by atoms with Gasteiger partial charge in [0, 0.05) is 12.8 Å². The first kappa shape index (κ1) is 79.2. The quantitative estimate of drug-likeness (QED) is 0.0211. The van der Waals surface area contributed by atoms with E-state index < -0.39 is 26.5 Å². The van der Waals surface area contributed by atoms with E-state index in [9.17, 15) is 19.0 Å². The Kier molecular flexibility index (Phi) is 61.4. The average Bonchev–Trinajstić information content (AvgIpc) is 3.43. The third kappa shape index (κ3) is 67.2. The SMILES string of the molecule is CCCCCCC/C=C\C/C=C\CCCCCCCCCCCCCCCCCCCCCCCCCCCCCC(=O)OC(COC(=O)CCCCCCCCC/C=C\CCCCCCCCC)COP(=O)(O)OCC[N+](C)(C)C. The van der Waals surface area contributed by atoms with Crippen molar-refractivity contribution in [3.05, 3.63) is 36.5 Å². The van der Waals surface area contributed by atoms with Gasteiger partial charge in [-0.05, 0) is 70.6 Å². The molecule has 0 spiro atoms. The molecule has 0 saturated heterocycles. The van der Waals surface area contributed by atoms with Gasteiger partial charge >= 0.3 is 19.8 Å². The number of quaternary nitrogens is 1. The van der Waals surface area contributed by atoms with Crippen LogP contribution in [0, 0.1) is 0 Å². The van der Waals surface area contributed by atoms with Crippen molar-refractivity contribution in [2.75, 3.05) is 47.5 Å². The first-order valence-corrected chi connectivity index (χ1v) is 36.7. The number of carbonyl (C=O) groups is 2. The summed E-state index contributed by atoms with van der Waals surface area (Å²) in [6, 6.07) is 0. The molecule has 0 heterocycles.